The molecule has 0 amide bonds. The van der Waals surface area contributed by atoms with Crippen LogP contribution in [-0.4, -0.2) is 5.11 Å². The number of aryl methyl sites for hydroxylation is 1. The van der Waals surface area contributed by atoms with Crippen molar-refractivity contribution < 1.29 is 5.11 Å². The van der Waals surface area contributed by atoms with Crippen molar-refractivity contribution in [1.29, 1.82) is 0 Å². The molecule has 0 saturated heterocycles. The molecule has 0 fully saturated rings. The van der Waals surface area contributed by atoms with Crippen LogP contribution in [0.5, 0.6) is 0 Å². The predicted octanol–water partition coefficient (Wildman–Crippen LogP) is 4.49. The van der Waals surface area contributed by atoms with E-state index in [0.717, 1.165) is 4.88 Å². The summed E-state index contributed by atoms with van der Waals surface area (Å²) in [4.78, 5) is 2.29. The topological polar surface area (TPSA) is 20.2 Å². The summed E-state index contributed by atoms with van der Waals surface area (Å²) in [6.45, 7) is 2.07. The molecule has 1 unspecified atom stereocenters. The number of hydrogen-bond acceptors (Lipinski definition) is 2. The largest absolute Gasteiger partial charge is 0.387 e. The Morgan fingerprint density at radius 1 is 1.00 bits per heavy atom. The molecule has 0 radical (unpaired) electrons. The number of fused-ring (bicyclic) bond motifs is 1. The quantitative estimate of drug-likeness (QED) is 0.742. The van der Waals surface area contributed by atoms with Gasteiger partial charge in [-0.05, 0) is 35.4 Å². The van der Waals surface area contributed by atoms with Crippen molar-refractivity contribution in [2.24, 2.45) is 0 Å². The van der Waals surface area contributed by atoms with Crippen LogP contribution in [0.15, 0.2) is 54.6 Å². The smallest absolute Gasteiger partial charge is 0.0922 e. The van der Waals surface area contributed by atoms with E-state index in [9.17, 15) is 5.11 Å². The fourth-order valence-corrected chi connectivity index (χ4v) is 3.19. The molecule has 1 nitrogen and oxygen atoms in total. The Morgan fingerprint density at radius 2 is 1.79 bits per heavy atom. The maximum Gasteiger partial charge on any atom is 0.0922 e. The second kappa shape index (κ2) is 5.16. The highest BCUT2D eigenvalue weighted by Gasteiger charge is 2.10. The summed E-state index contributed by atoms with van der Waals surface area (Å²) in [5.41, 5.74) is 1.18. The van der Waals surface area contributed by atoms with E-state index in [-0.39, 0.29) is 0 Å². The highest BCUT2D eigenvalue weighted by molar-refractivity contribution is 7.12. The minimum absolute atomic E-state index is 0.403. The lowest BCUT2D eigenvalue weighted by Crippen LogP contribution is -1.99. The standard InChI is InChI=1S/C17H16OS/c1-12-6-9-17(19-12)16(18)11-13-7-8-14-4-2-3-5-15(14)10-13/h2-10,16,18H,11H2,1H3. The molecule has 1 N–H and O–H groups in total. The molecule has 0 bridgehead atoms. The Bertz CT molecular complexity index is 699. The van der Waals surface area contributed by atoms with Gasteiger partial charge in [0.15, 0.2) is 0 Å². The van der Waals surface area contributed by atoms with E-state index in [1.165, 1.54) is 21.2 Å². The fourth-order valence-electron chi connectivity index (χ4n) is 2.32. The summed E-state index contributed by atoms with van der Waals surface area (Å²) < 4.78 is 0. The van der Waals surface area contributed by atoms with Gasteiger partial charge in [-0.15, -0.1) is 11.3 Å². The molecule has 3 aromatic rings. The number of thiophene rings is 1. The number of aliphatic hydroxyl groups is 1. The zero-order valence-corrected chi connectivity index (χ0v) is 11.7. The summed E-state index contributed by atoms with van der Waals surface area (Å²) in [7, 11) is 0. The summed E-state index contributed by atoms with van der Waals surface area (Å²) >= 11 is 1.67. The van der Waals surface area contributed by atoms with Crippen molar-refractivity contribution in [2.75, 3.05) is 0 Å². The normalized spacial score (nSPS) is 12.7. The molecular formula is C17H16OS. The Morgan fingerprint density at radius 3 is 2.53 bits per heavy atom. The van der Waals surface area contributed by atoms with Gasteiger partial charge in [0, 0.05) is 16.2 Å². The van der Waals surface area contributed by atoms with Crippen molar-refractivity contribution >= 4 is 22.1 Å². The van der Waals surface area contributed by atoms with E-state index in [0.29, 0.717) is 6.42 Å². The van der Waals surface area contributed by atoms with E-state index in [1.54, 1.807) is 11.3 Å². The Hall–Kier alpha value is -1.64. The number of aliphatic hydroxyl groups excluding tert-OH is 1. The van der Waals surface area contributed by atoms with Crippen molar-refractivity contribution in [3.63, 3.8) is 0 Å². The summed E-state index contributed by atoms with van der Waals surface area (Å²) in [6.07, 6.45) is 0.269. The van der Waals surface area contributed by atoms with Crippen molar-refractivity contribution in [2.45, 2.75) is 19.4 Å². The highest BCUT2D eigenvalue weighted by atomic mass is 32.1. The lowest BCUT2D eigenvalue weighted by atomic mass is 10.0. The van der Waals surface area contributed by atoms with Gasteiger partial charge in [0.1, 0.15) is 0 Å². The minimum atomic E-state index is -0.403. The van der Waals surface area contributed by atoms with Gasteiger partial charge >= 0.3 is 0 Å². The molecule has 1 aromatic heterocycles. The number of rotatable bonds is 3. The first kappa shape index (κ1) is 12.4. The van der Waals surface area contributed by atoms with Crippen LogP contribution in [0, 0.1) is 6.92 Å². The molecule has 0 aliphatic heterocycles. The molecule has 0 saturated carbocycles. The average molecular weight is 268 g/mol. The van der Waals surface area contributed by atoms with E-state index in [4.69, 9.17) is 0 Å². The molecule has 0 aliphatic rings. The number of benzene rings is 2. The van der Waals surface area contributed by atoms with Gasteiger partial charge in [-0.1, -0.05) is 42.5 Å². The third-order valence-corrected chi connectivity index (χ3v) is 4.43. The first-order valence-electron chi connectivity index (χ1n) is 6.44. The van der Waals surface area contributed by atoms with Crippen LogP contribution in [0.1, 0.15) is 21.4 Å². The van der Waals surface area contributed by atoms with Crippen LogP contribution in [0.25, 0.3) is 10.8 Å². The molecule has 19 heavy (non-hydrogen) atoms. The fraction of sp³-hybridized carbons (Fsp3) is 0.176. The van der Waals surface area contributed by atoms with Crippen LogP contribution in [0.3, 0.4) is 0 Å². The SMILES string of the molecule is Cc1ccc(C(O)Cc2ccc3ccccc3c2)s1. The van der Waals surface area contributed by atoms with Crippen LogP contribution in [0.2, 0.25) is 0 Å². The average Bonchev–Trinajstić information content (AvgIpc) is 2.85. The van der Waals surface area contributed by atoms with E-state index < -0.39 is 6.10 Å². The second-order valence-electron chi connectivity index (χ2n) is 4.85. The third-order valence-electron chi connectivity index (χ3n) is 3.33. The minimum Gasteiger partial charge on any atom is -0.387 e. The van der Waals surface area contributed by atoms with Crippen molar-refractivity contribution in [1.82, 2.24) is 0 Å². The van der Waals surface area contributed by atoms with Crippen LogP contribution in [0.4, 0.5) is 0 Å². The highest BCUT2D eigenvalue weighted by Crippen LogP contribution is 2.26. The molecule has 96 valence electrons. The van der Waals surface area contributed by atoms with Crippen LogP contribution in [-0.2, 0) is 6.42 Å². The number of hydrogen-bond donors (Lipinski definition) is 1. The van der Waals surface area contributed by atoms with Crippen LogP contribution >= 0.6 is 11.3 Å². The first-order chi connectivity index (χ1) is 9.22. The second-order valence-corrected chi connectivity index (χ2v) is 6.17. The molecule has 1 heterocycles. The van der Waals surface area contributed by atoms with Gasteiger partial charge < -0.3 is 5.11 Å². The zero-order valence-electron chi connectivity index (χ0n) is 10.8. The van der Waals surface area contributed by atoms with Crippen molar-refractivity contribution in [3.8, 4) is 0 Å². The Balaban J connectivity index is 1.84. The molecule has 0 aliphatic carbocycles. The summed E-state index contributed by atoms with van der Waals surface area (Å²) in [5, 5.41) is 12.7. The maximum absolute atomic E-state index is 10.3. The monoisotopic (exact) mass is 268 g/mol. The van der Waals surface area contributed by atoms with Gasteiger partial charge in [0.2, 0.25) is 0 Å². The lowest BCUT2D eigenvalue weighted by Gasteiger charge is -2.09. The zero-order chi connectivity index (χ0) is 13.2. The molecular weight excluding hydrogens is 252 g/mol. The van der Waals surface area contributed by atoms with E-state index in [2.05, 4.69) is 43.3 Å². The van der Waals surface area contributed by atoms with E-state index in [1.807, 2.05) is 18.2 Å². The van der Waals surface area contributed by atoms with Gasteiger partial charge in [0.25, 0.3) is 0 Å². The predicted molar refractivity (Wildman–Crippen MR) is 81.7 cm³/mol. The Kier molecular flexibility index (Phi) is 3.36. The van der Waals surface area contributed by atoms with Gasteiger partial charge in [-0.2, -0.15) is 0 Å². The van der Waals surface area contributed by atoms with Crippen LogP contribution < -0.4 is 0 Å². The third kappa shape index (κ3) is 2.70. The van der Waals surface area contributed by atoms with Gasteiger partial charge in [-0.25, -0.2) is 0 Å². The molecule has 3 rings (SSSR count). The lowest BCUT2D eigenvalue weighted by molar-refractivity contribution is 0.182. The summed E-state index contributed by atoms with van der Waals surface area (Å²) in [6, 6.07) is 18.8. The molecule has 2 heteroatoms. The van der Waals surface area contributed by atoms with Gasteiger partial charge in [-0.3, -0.25) is 0 Å². The first-order valence-corrected chi connectivity index (χ1v) is 7.26. The maximum atomic E-state index is 10.3. The molecule has 2 aromatic carbocycles. The van der Waals surface area contributed by atoms with Crippen molar-refractivity contribution in [3.05, 3.63) is 69.9 Å². The van der Waals surface area contributed by atoms with Gasteiger partial charge in [0.05, 0.1) is 6.10 Å². The molecule has 0 spiro atoms. The van der Waals surface area contributed by atoms with E-state index >= 15 is 0 Å². The summed E-state index contributed by atoms with van der Waals surface area (Å²) in [5.74, 6) is 0. The molecule has 1 atom stereocenters. The Labute approximate surface area is 117 Å².